The summed E-state index contributed by atoms with van der Waals surface area (Å²) >= 11 is 0. The number of benzene rings is 2. The van der Waals surface area contributed by atoms with Crippen LogP contribution >= 0.6 is 0 Å². The van der Waals surface area contributed by atoms with Crippen LogP contribution < -0.4 is 10.6 Å². The van der Waals surface area contributed by atoms with Gasteiger partial charge in [-0.05, 0) is 68.3 Å². The number of ether oxygens (including phenoxy) is 1. The van der Waals surface area contributed by atoms with E-state index in [0.29, 0.717) is 24.8 Å². The highest BCUT2D eigenvalue weighted by Gasteiger charge is 2.24. The van der Waals surface area contributed by atoms with Gasteiger partial charge in [0.05, 0.1) is 0 Å². The zero-order valence-electron chi connectivity index (χ0n) is 22.7. The van der Waals surface area contributed by atoms with Crippen molar-refractivity contribution in [2.45, 2.75) is 79.5 Å². The predicted octanol–water partition coefficient (Wildman–Crippen LogP) is 5.74. The van der Waals surface area contributed by atoms with Crippen molar-refractivity contribution in [1.29, 1.82) is 0 Å². The third-order valence-electron chi connectivity index (χ3n) is 5.55. The fourth-order valence-corrected chi connectivity index (χ4v) is 4.28. The lowest BCUT2D eigenvalue weighted by atomic mass is 10.0. The van der Waals surface area contributed by atoms with Gasteiger partial charge in [0.25, 0.3) is 0 Å². The van der Waals surface area contributed by atoms with E-state index in [1.54, 1.807) is 0 Å². The molecule has 6 nitrogen and oxygen atoms in total. The Balaban J connectivity index is 2.05. The van der Waals surface area contributed by atoms with E-state index in [2.05, 4.69) is 61.4 Å². The molecule has 35 heavy (non-hydrogen) atoms. The molecule has 6 heteroatoms. The van der Waals surface area contributed by atoms with Gasteiger partial charge in [0, 0.05) is 19.6 Å². The average molecular weight is 484 g/mol. The van der Waals surface area contributed by atoms with E-state index < -0.39 is 17.7 Å². The molecule has 0 aromatic heterocycles. The Morgan fingerprint density at radius 1 is 0.943 bits per heavy atom. The third kappa shape index (κ3) is 10.7. The van der Waals surface area contributed by atoms with Gasteiger partial charge in [-0.1, -0.05) is 70.2 Å². The molecule has 194 valence electrons. The predicted molar refractivity (Wildman–Crippen MR) is 144 cm³/mol. The standard InChI is InChI=1S/C29H45N3O3/c1-21(2)19-32(20-22(3)4)17-11-16-26(31-28(34)35-29(5,6)7)27(33)30-18-24-14-10-13-23-12-8-9-15-25(23)24/h8-10,12-15,21-22,26H,11,16-20H2,1-7H3,(H,30,33)(H,31,34)/t26-/m0/s1. The lowest BCUT2D eigenvalue weighted by Gasteiger charge is -2.27. The van der Waals surface area contributed by atoms with Gasteiger partial charge in [0.1, 0.15) is 11.6 Å². The number of fused-ring (bicyclic) bond motifs is 1. The topological polar surface area (TPSA) is 70.7 Å². The Labute approximate surface area is 211 Å². The molecule has 0 saturated carbocycles. The largest absolute Gasteiger partial charge is 0.444 e. The summed E-state index contributed by atoms with van der Waals surface area (Å²) in [5, 5.41) is 8.10. The van der Waals surface area contributed by atoms with Crippen molar-refractivity contribution in [3.8, 4) is 0 Å². The van der Waals surface area contributed by atoms with Crippen LogP contribution in [0.3, 0.4) is 0 Å². The second kappa shape index (κ2) is 13.5. The number of carbonyl (C=O) groups is 2. The molecular weight excluding hydrogens is 438 g/mol. The molecule has 0 spiro atoms. The van der Waals surface area contributed by atoms with Crippen LogP contribution in [0.5, 0.6) is 0 Å². The van der Waals surface area contributed by atoms with Crippen LogP contribution in [0.25, 0.3) is 10.8 Å². The number of nitrogens with one attached hydrogen (secondary N) is 2. The zero-order valence-corrected chi connectivity index (χ0v) is 22.7. The SMILES string of the molecule is CC(C)CN(CCC[C@H](NC(=O)OC(C)(C)C)C(=O)NCc1cccc2ccccc12)CC(C)C. The maximum Gasteiger partial charge on any atom is 0.408 e. The monoisotopic (exact) mass is 483 g/mol. The van der Waals surface area contributed by atoms with Crippen LogP contribution in [-0.4, -0.2) is 48.2 Å². The maximum atomic E-state index is 13.2. The molecule has 0 aliphatic heterocycles. The third-order valence-corrected chi connectivity index (χ3v) is 5.55. The van der Waals surface area contributed by atoms with Crippen LogP contribution in [0.15, 0.2) is 42.5 Å². The highest BCUT2D eigenvalue weighted by molar-refractivity contribution is 5.88. The number of alkyl carbamates (subject to hydrolysis) is 1. The molecule has 0 fully saturated rings. The van der Waals surface area contributed by atoms with E-state index in [1.807, 2.05) is 45.0 Å². The highest BCUT2D eigenvalue weighted by atomic mass is 16.6. The molecule has 0 bridgehead atoms. The Hall–Kier alpha value is -2.60. The van der Waals surface area contributed by atoms with Gasteiger partial charge in [-0.2, -0.15) is 0 Å². The van der Waals surface area contributed by atoms with Crippen molar-refractivity contribution in [1.82, 2.24) is 15.5 Å². The van der Waals surface area contributed by atoms with E-state index in [9.17, 15) is 9.59 Å². The van der Waals surface area contributed by atoms with Crippen LogP contribution in [0.4, 0.5) is 4.79 Å². The summed E-state index contributed by atoms with van der Waals surface area (Å²) in [5.41, 5.74) is 0.423. The lowest BCUT2D eigenvalue weighted by molar-refractivity contribution is -0.123. The summed E-state index contributed by atoms with van der Waals surface area (Å²) in [6.45, 7) is 17.7. The molecule has 0 unspecified atom stereocenters. The second-order valence-electron chi connectivity index (χ2n) is 11.2. The fraction of sp³-hybridized carbons (Fsp3) is 0.586. The number of amides is 2. The lowest BCUT2D eigenvalue weighted by Crippen LogP contribution is -2.48. The first-order valence-electron chi connectivity index (χ1n) is 12.9. The highest BCUT2D eigenvalue weighted by Crippen LogP contribution is 2.18. The Kier molecular flexibility index (Phi) is 11.0. The Morgan fingerprint density at radius 3 is 2.20 bits per heavy atom. The molecular formula is C29H45N3O3. The smallest absolute Gasteiger partial charge is 0.408 e. The number of hydrogen-bond donors (Lipinski definition) is 2. The average Bonchev–Trinajstić information content (AvgIpc) is 2.74. The number of hydrogen-bond acceptors (Lipinski definition) is 4. The van der Waals surface area contributed by atoms with E-state index >= 15 is 0 Å². The van der Waals surface area contributed by atoms with Crippen molar-refractivity contribution in [3.63, 3.8) is 0 Å². The quantitative estimate of drug-likeness (QED) is 0.404. The summed E-state index contributed by atoms with van der Waals surface area (Å²) in [7, 11) is 0. The Morgan fingerprint density at radius 2 is 1.57 bits per heavy atom. The molecule has 0 heterocycles. The molecule has 2 amide bonds. The van der Waals surface area contributed by atoms with Gasteiger partial charge >= 0.3 is 6.09 Å². The first-order chi connectivity index (χ1) is 16.4. The first kappa shape index (κ1) is 28.6. The van der Waals surface area contributed by atoms with Crippen LogP contribution in [0.1, 0.15) is 66.9 Å². The summed E-state index contributed by atoms with van der Waals surface area (Å²) in [6.07, 6.45) is 0.790. The van der Waals surface area contributed by atoms with E-state index in [0.717, 1.165) is 42.4 Å². The molecule has 2 aromatic rings. The summed E-state index contributed by atoms with van der Waals surface area (Å²) in [6, 6.07) is 13.6. The molecule has 0 aliphatic rings. The fourth-order valence-electron chi connectivity index (χ4n) is 4.28. The van der Waals surface area contributed by atoms with Crippen LogP contribution in [0, 0.1) is 11.8 Å². The van der Waals surface area contributed by atoms with E-state index in [1.165, 1.54) is 0 Å². The molecule has 0 saturated heterocycles. The molecule has 1 atom stereocenters. The van der Waals surface area contributed by atoms with Gasteiger partial charge < -0.3 is 20.3 Å². The van der Waals surface area contributed by atoms with E-state index in [-0.39, 0.29) is 5.91 Å². The normalized spacial score (nSPS) is 12.9. The minimum Gasteiger partial charge on any atom is -0.444 e. The molecule has 0 radical (unpaired) electrons. The first-order valence-corrected chi connectivity index (χ1v) is 12.9. The van der Waals surface area contributed by atoms with Gasteiger partial charge in [-0.25, -0.2) is 4.79 Å². The van der Waals surface area contributed by atoms with Gasteiger partial charge in [-0.3, -0.25) is 4.79 Å². The van der Waals surface area contributed by atoms with E-state index in [4.69, 9.17) is 4.74 Å². The second-order valence-corrected chi connectivity index (χ2v) is 11.2. The van der Waals surface area contributed by atoms with Gasteiger partial charge in [-0.15, -0.1) is 0 Å². The molecule has 2 aromatic carbocycles. The zero-order chi connectivity index (χ0) is 26.0. The molecule has 0 aliphatic carbocycles. The number of nitrogens with zero attached hydrogens (tertiary/aromatic N) is 1. The van der Waals surface area contributed by atoms with Crippen molar-refractivity contribution in [2.75, 3.05) is 19.6 Å². The number of carbonyl (C=O) groups excluding carboxylic acids is 2. The van der Waals surface area contributed by atoms with Gasteiger partial charge in [0.2, 0.25) is 5.91 Å². The van der Waals surface area contributed by atoms with Crippen LogP contribution in [0.2, 0.25) is 0 Å². The Bertz CT molecular complexity index is 934. The molecule has 2 rings (SSSR count). The molecule has 2 N–H and O–H groups in total. The summed E-state index contributed by atoms with van der Waals surface area (Å²) in [4.78, 5) is 28.1. The van der Waals surface area contributed by atoms with Crippen molar-refractivity contribution >= 4 is 22.8 Å². The minimum atomic E-state index is -0.653. The van der Waals surface area contributed by atoms with Crippen molar-refractivity contribution in [2.24, 2.45) is 11.8 Å². The maximum absolute atomic E-state index is 13.2. The van der Waals surface area contributed by atoms with Crippen molar-refractivity contribution in [3.05, 3.63) is 48.0 Å². The number of rotatable bonds is 12. The van der Waals surface area contributed by atoms with Crippen molar-refractivity contribution < 1.29 is 14.3 Å². The van der Waals surface area contributed by atoms with Gasteiger partial charge in [0.15, 0.2) is 0 Å². The minimum absolute atomic E-state index is 0.192. The summed E-state index contributed by atoms with van der Waals surface area (Å²) in [5.74, 6) is 0.963. The summed E-state index contributed by atoms with van der Waals surface area (Å²) < 4.78 is 5.43. The van der Waals surface area contributed by atoms with Crippen LogP contribution in [-0.2, 0) is 16.1 Å².